The molecule has 1 fully saturated rings. The largest absolute Gasteiger partial charge is 0.465 e. The fourth-order valence-electron chi connectivity index (χ4n) is 2.27. The van der Waals surface area contributed by atoms with E-state index in [0.717, 1.165) is 4.74 Å². The Morgan fingerprint density at radius 2 is 2.29 bits per heavy atom. The summed E-state index contributed by atoms with van der Waals surface area (Å²) in [4.78, 5) is 37.3. The van der Waals surface area contributed by atoms with Gasteiger partial charge in [-0.2, -0.15) is 0 Å². The Bertz CT molecular complexity index is 577. The van der Waals surface area contributed by atoms with Crippen LogP contribution >= 0.6 is 0 Å². The van der Waals surface area contributed by atoms with E-state index in [4.69, 9.17) is 9.26 Å². The third kappa shape index (κ3) is 3.59. The van der Waals surface area contributed by atoms with Crippen molar-refractivity contribution in [3.63, 3.8) is 0 Å². The van der Waals surface area contributed by atoms with E-state index in [-0.39, 0.29) is 19.1 Å². The third-order valence-electron chi connectivity index (χ3n) is 3.24. The normalized spacial score (nSPS) is 19.4. The highest BCUT2D eigenvalue weighted by Crippen LogP contribution is 2.06. The minimum Gasteiger partial charge on any atom is -0.465 e. The summed E-state index contributed by atoms with van der Waals surface area (Å²) in [6, 6.07) is 0.716. The minimum atomic E-state index is -0.533. The summed E-state index contributed by atoms with van der Waals surface area (Å²) in [7, 11) is 0. The van der Waals surface area contributed by atoms with Crippen LogP contribution in [0.15, 0.2) is 15.4 Å². The molecule has 1 N–H and O–H groups in total. The number of aromatic nitrogens is 1. The second-order valence-electron chi connectivity index (χ2n) is 4.82. The van der Waals surface area contributed by atoms with Gasteiger partial charge < -0.3 is 14.6 Å². The van der Waals surface area contributed by atoms with E-state index in [1.165, 1.54) is 6.07 Å². The topological polar surface area (TPSA) is 93.8 Å². The fourth-order valence-corrected chi connectivity index (χ4v) is 2.27. The predicted octanol–water partition coefficient (Wildman–Crippen LogP) is -0.773. The van der Waals surface area contributed by atoms with Crippen LogP contribution in [0, 0.1) is 6.92 Å². The van der Waals surface area contributed by atoms with Crippen molar-refractivity contribution in [2.75, 3.05) is 32.8 Å². The highest BCUT2D eigenvalue weighted by molar-refractivity contribution is 5.81. The smallest absolute Gasteiger partial charge is 0.324 e. The number of hydrogen-bond donors (Lipinski definition) is 1. The zero-order valence-electron chi connectivity index (χ0n) is 12.1. The molecule has 0 amide bonds. The van der Waals surface area contributed by atoms with Crippen molar-refractivity contribution in [1.29, 1.82) is 0 Å². The number of rotatable bonds is 4. The lowest BCUT2D eigenvalue weighted by molar-refractivity contribution is -0.149. The van der Waals surface area contributed by atoms with Crippen LogP contribution in [0.4, 0.5) is 0 Å². The maximum Gasteiger partial charge on any atom is 0.324 e. The molecule has 2 rings (SSSR count). The molecule has 0 radical (unpaired) electrons. The molecule has 0 bridgehead atoms. The van der Waals surface area contributed by atoms with Gasteiger partial charge in [-0.25, -0.2) is 0 Å². The maximum absolute atomic E-state index is 12.1. The first kappa shape index (κ1) is 15.5. The van der Waals surface area contributed by atoms with E-state index in [2.05, 4.69) is 5.32 Å². The van der Waals surface area contributed by atoms with Gasteiger partial charge in [-0.15, -0.1) is 4.74 Å². The van der Waals surface area contributed by atoms with Crippen LogP contribution in [-0.2, 0) is 9.53 Å². The summed E-state index contributed by atoms with van der Waals surface area (Å²) in [5.74, 6) is -0.500. The average molecular weight is 297 g/mol. The molecule has 1 aromatic heterocycles. The van der Waals surface area contributed by atoms with E-state index in [1.54, 1.807) is 18.7 Å². The molecule has 1 aliphatic rings. The number of ether oxygens (including phenoxy) is 1. The number of piperazine rings is 1. The summed E-state index contributed by atoms with van der Waals surface area (Å²) in [5, 5.41) is 3.09. The average Bonchev–Trinajstić information content (AvgIpc) is 2.78. The molecule has 2 heterocycles. The Labute approximate surface area is 121 Å². The summed E-state index contributed by atoms with van der Waals surface area (Å²) >= 11 is 0. The van der Waals surface area contributed by atoms with Crippen molar-refractivity contribution < 1.29 is 18.8 Å². The Kier molecular flexibility index (Phi) is 4.92. The molecule has 1 saturated heterocycles. The van der Waals surface area contributed by atoms with Crippen molar-refractivity contribution >= 4 is 11.9 Å². The molecule has 8 heteroatoms. The van der Waals surface area contributed by atoms with Gasteiger partial charge >= 0.3 is 5.97 Å². The highest BCUT2D eigenvalue weighted by Gasteiger charge is 2.31. The van der Waals surface area contributed by atoms with Crippen LogP contribution in [0.25, 0.3) is 0 Å². The molecule has 1 atom stereocenters. The van der Waals surface area contributed by atoms with Crippen LogP contribution in [0.3, 0.4) is 0 Å². The highest BCUT2D eigenvalue weighted by atomic mass is 16.5. The molecule has 1 aromatic rings. The van der Waals surface area contributed by atoms with E-state index in [0.29, 0.717) is 25.4 Å². The summed E-state index contributed by atoms with van der Waals surface area (Å²) in [6.45, 7) is 5.13. The fraction of sp³-hybridized carbons (Fsp3) is 0.615. The molecule has 21 heavy (non-hydrogen) atoms. The van der Waals surface area contributed by atoms with Crippen LogP contribution in [0.2, 0.25) is 0 Å². The SMILES string of the molecule is CCOC(=O)C1CNCCN1CC(=O)n1oc(C)cc1=O. The monoisotopic (exact) mass is 297 g/mol. The van der Waals surface area contributed by atoms with Gasteiger partial charge in [0.15, 0.2) is 0 Å². The molecule has 0 saturated carbocycles. The molecule has 1 unspecified atom stereocenters. The Morgan fingerprint density at radius 1 is 1.52 bits per heavy atom. The lowest BCUT2D eigenvalue weighted by Crippen LogP contribution is -2.57. The second-order valence-corrected chi connectivity index (χ2v) is 4.82. The van der Waals surface area contributed by atoms with Crippen molar-refractivity contribution in [3.8, 4) is 0 Å². The summed E-state index contributed by atoms with van der Waals surface area (Å²) in [5.41, 5.74) is -0.500. The van der Waals surface area contributed by atoms with Gasteiger partial charge in [0.25, 0.3) is 11.5 Å². The zero-order valence-corrected chi connectivity index (χ0v) is 12.1. The quantitative estimate of drug-likeness (QED) is 0.729. The van der Waals surface area contributed by atoms with Gasteiger partial charge in [0.05, 0.1) is 13.2 Å². The van der Waals surface area contributed by atoms with Crippen molar-refractivity contribution in [2.24, 2.45) is 0 Å². The molecule has 0 aliphatic carbocycles. The van der Waals surface area contributed by atoms with E-state index >= 15 is 0 Å². The van der Waals surface area contributed by atoms with Crippen LogP contribution < -0.4 is 10.9 Å². The minimum absolute atomic E-state index is 0.0714. The number of esters is 1. The number of carbonyl (C=O) groups is 2. The predicted molar refractivity (Wildman–Crippen MR) is 73.2 cm³/mol. The van der Waals surface area contributed by atoms with Crippen LogP contribution in [0.5, 0.6) is 0 Å². The van der Waals surface area contributed by atoms with Crippen molar-refractivity contribution in [2.45, 2.75) is 19.9 Å². The van der Waals surface area contributed by atoms with Gasteiger partial charge in [-0.3, -0.25) is 19.3 Å². The first-order valence-corrected chi connectivity index (χ1v) is 6.87. The van der Waals surface area contributed by atoms with E-state index in [1.807, 2.05) is 0 Å². The molecular weight excluding hydrogens is 278 g/mol. The number of carbonyl (C=O) groups excluding carboxylic acids is 2. The van der Waals surface area contributed by atoms with Crippen molar-refractivity contribution in [3.05, 3.63) is 22.2 Å². The second kappa shape index (κ2) is 6.68. The first-order chi connectivity index (χ1) is 10.0. The van der Waals surface area contributed by atoms with Crippen LogP contribution in [-0.4, -0.2) is 60.3 Å². The molecule has 116 valence electrons. The zero-order chi connectivity index (χ0) is 15.4. The Morgan fingerprint density at radius 3 is 2.90 bits per heavy atom. The molecular formula is C13H19N3O5. The van der Waals surface area contributed by atoms with E-state index in [9.17, 15) is 14.4 Å². The summed E-state index contributed by atoms with van der Waals surface area (Å²) < 4.78 is 10.8. The van der Waals surface area contributed by atoms with Crippen LogP contribution in [0.1, 0.15) is 17.5 Å². The van der Waals surface area contributed by atoms with Gasteiger partial charge in [-0.05, 0) is 13.8 Å². The van der Waals surface area contributed by atoms with Gasteiger partial charge in [-0.1, -0.05) is 0 Å². The molecule has 0 spiro atoms. The maximum atomic E-state index is 12.1. The lowest BCUT2D eigenvalue weighted by Gasteiger charge is -2.33. The standard InChI is InChI=1S/C13H19N3O5/c1-3-20-13(19)10-7-14-4-5-15(10)8-12(18)16-11(17)6-9(2)21-16/h6,10,14H,3-5,7-8H2,1-2H3. The number of nitrogens with one attached hydrogen (secondary N) is 1. The van der Waals surface area contributed by atoms with Gasteiger partial charge in [0, 0.05) is 25.7 Å². The third-order valence-corrected chi connectivity index (χ3v) is 3.24. The lowest BCUT2D eigenvalue weighted by atomic mass is 10.2. The van der Waals surface area contributed by atoms with Gasteiger partial charge in [0.1, 0.15) is 11.8 Å². The number of nitrogens with zero attached hydrogens (tertiary/aromatic N) is 2. The van der Waals surface area contributed by atoms with Gasteiger partial charge in [0.2, 0.25) is 0 Å². The molecule has 0 aromatic carbocycles. The number of aryl methyl sites for hydroxylation is 1. The molecule has 1 aliphatic heterocycles. The molecule has 8 nitrogen and oxygen atoms in total. The van der Waals surface area contributed by atoms with E-state index < -0.39 is 17.5 Å². The Balaban J connectivity index is 2.08. The summed E-state index contributed by atoms with van der Waals surface area (Å²) in [6.07, 6.45) is 0. The Hall–Kier alpha value is -1.93. The first-order valence-electron chi connectivity index (χ1n) is 6.87. The number of hydrogen-bond acceptors (Lipinski definition) is 7. The van der Waals surface area contributed by atoms with Crippen molar-refractivity contribution in [1.82, 2.24) is 15.0 Å².